The lowest BCUT2D eigenvalue weighted by Crippen LogP contribution is -2.26. The van der Waals surface area contributed by atoms with Crippen LogP contribution in [0, 0.1) is 0 Å². The Morgan fingerprint density at radius 3 is 2.93 bits per heavy atom. The van der Waals surface area contributed by atoms with Crippen LogP contribution in [0.4, 0.5) is 0 Å². The first-order valence-corrected chi connectivity index (χ1v) is 6.00. The van der Waals surface area contributed by atoms with E-state index in [9.17, 15) is 0 Å². The molecule has 2 heterocycles. The van der Waals surface area contributed by atoms with Gasteiger partial charge < -0.3 is 9.30 Å². The van der Waals surface area contributed by atoms with E-state index < -0.39 is 0 Å². The lowest BCUT2D eigenvalue weighted by Gasteiger charge is -2.23. The summed E-state index contributed by atoms with van der Waals surface area (Å²) in [4.78, 5) is 4.06. The number of aromatic nitrogens is 2. The average molecular weight is 206 g/mol. The van der Waals surface area contributed by atoms with Gasteiger partial charge in [0.1, 0.15) is 0 Å². The predicted molar refractivity (Wildman–Crippen MR) is 57.5 cm³/mol. The number of ether oxygens (including phenoxy) is 1. The second-order valence-corrected chi connectivity index (χ2v) is 4.93. The summed E-state index contributed by atoms with van der Waals surface area (Å²) >= 11 is 0. The summed E-state index contributed by atoms with van der Waals surface area (Å²) in [6.07, 6.45) is 13.9. The van der Waals surface area contributed by atoms with Gasteiger partial charge in [0, 0.05) is 18.9 Å². The van der Waals surface area contributed by atoms with Crippen LogP contribution in [0.5, 0.6) is 0 Å². The molecule has 1 aliphatic heterocycles. The van der Waals surface area contributed by atoms with E-state index in [1.807, 2.05) is 18.7 Å². The molecule has 15 heavy (non-hydrogen) atoms. The van der Waals surface area contributed by atoms with E-state index >= 15 is 0 Å². The fourth-order valence-electron chi connectivity index (χ4n) is 3.04. The summed E-state index contributed by atoms with van der Waals surface area (Å²) in [6.45, 7) is 0.974. The molecular weight excluding hydrogens is 188 g/mol. The summed E-state index contributed by atoms with van der Waals surface area (Å²) in [6, 6.07) is 0. The van der Waals surface area contributed by atoms with E-state index in [1.54, 1.807) is 0 Å². The number of rotatable bonds is 2. The van der Waals surface area contributed by atoms with Crippen molar-refractivity contribution < 1.29 is 4.74 Å². The fraction of sp³-hybridized carbons (Fsp3) is 0.750. The predicted octanol–water partition coefficient (Wildman–Crippen LogP) is 2.37. The maximum absolute atomic E-state index is 6.23. The number of nitrogens with zero attached hydrogens (tertiary/aromatic N) is 2. The van der Waals surface area contributed by atoms with Crippen molar-refractivity contribution in [3.8, 4) is 0 Å². The van der Waals surface area contributed by atoms with E-state index in [1.165, 1.54) is 38.5 Å². The van der Waals surface area contributed by atoms with Gasteiger partial charge >= 0.3 is 0 Å². The van der Waals surface area contributed by atoms with E-state index in [0.29, 0.717) is 6.10 Å². The largest absolute Gasteiger partial charge is 0.370 e. The zero-order valence-corrected chi connectivity index (χ0v) is 9.06. The van der Waals surface area contributed by atoms with Crippen molar-refractivity contribution in [2.24, 2.45) is 0 Å². The van der Waals surface area contributed by atoms with Crippen LogP contribution in [0.15, 0.2) is 18.7 Å². The Morgan fingerprint density at radius 1 is 1.33 bits per heavy atom. The van der Waals surface area contributed by atoms with Gasteiger partial charge in [-0.15, -0.1) is 0 Å². The quantitative estimate of drug-likeness (QED) is 0.742. The average Bonchev–Trinajstić information content (AvgIpc) is 2.92. The Labute approximate surface area is 90.5 Å². The van der Waals surface area contributed by atoms with E-state index in [2.05, 4.69) is 9.55 Å². The molecule has 1 aliphatic carbocycles. The highest BCUT2D eigenvalue weighted by Crippen LogP contribution is 2.43. The molecule has 0 radical (unpaired) electrons. The molecule has 2 fully saturated rings. The Kier molecular flexibility index (Phi) is 2.28. The monoisotopic (exact) mass is 206 g/mol. The number of hydrogen-bond donors (Lipinski definition) is 0. The molecule has 0 amide bonds. The molecule has 0 N–H and O–H groups in total. The minimum atomic E-state index is 0.269. The van der Waals surface area contributed by atoms with E-state index in [0.717, 1.165) is 6.54 Å². The molecule has 1 saturated heterocycles. The Bertz CT molecular complexity index is 314. The van der Waals surface area contributed by atoms with Gasteiger partial charge in [0.15, 0.2) is 0 Å². The van der Waals surface area contributed by atoms with Gasteiger partial charge in [-0.1, -0.05) is 12.8 Å². The zero-order chi connectivity index (χ0) is 10.1. The molecule has 1 saturated carbocycles. The standard InChI is InChI=1S/C12H18N2O/c1-2-5-12(4-1)6-3-11(15-12)9-14-8-7-13-10-14/h7-8,10-11H,1-6,9H2. The minimum absolute atomic E-state index is 0.269. The Morgan fingerprint density at radius 2 is 2.20 bits per heavy atom. The highest BCUT2D eigenvalue weighted by atomic mass is 16.5. The van der Waals surface area contributed by atoms with Gasteiger partial charge in [-0.05, 0) is 25.7 Å². The number of imidazole rings is 1. The summed E-state index contributed by atoms with van der Waals surface area (Å²) < 4.78 is 8.36. The van der Waals surface area contributed by atoms with Crippen molar-refractivity contribution in [1.29, 1.82) is 0 Å². The van der Waals surface area contributed by atoms with Gasteiger partial charge in [0.2, 0.25) is 0 Å². The summed E-state index contributed by atoms with van der Waals surface area (Å²) in [7, 11) is 0. The van der Waals surface area contributed by atoms with E-state index in [-0.39, 0.29) is 5.60 Å². The second kappa shape index (κ2) is 3.63. The van der Waals surface area contributed by atoms with Crippen LogP contribution in [0.2, 0.25) is 0 Å². The second-order valence-electron chi connectivity index (χ2n) is 4.93. The van der Waals surface area contributed by atoms with Crippen LogP contribution in [0.3, 0.4) is 0 Å². The minimum Gasteiger partial charge on any atom is -0.370 e. The van der Waals surface area contributed by atoms with Crippen molar-refractivity contribution >= 4 is 0 Å². The molecule has 82 valence electrons. The van der Waals surface area contributed by atoms with Crippen molar-refractivity contribution in [2.75, 3.05) is 0 Å². The maximum Gasteiger partial charge on any atom is 0.0946 e. The molecule has 1 unspecified atom stereocenters. The van der Waals surface area contributed by atoms with Crippen molar-refractivity contribution in [1.82, 2.24) is 9.55 Å². The lowest BCUT2D eigenvalue weighted by molar-refractivity contribution is -0.0418. The highest BCUT2D eigenvalue weighted by molar-refractivity contribution is 4.93. The van der Waals surface area contributed by atoms with Gasteiger partial charge in [0.05, 0.1) is 18.0 Å². The van der Waals surface area contributed by atoms with Crippen molar-refractivity contribution in [2.45, 2.75) is 56.8 Å². The van der Waals surface area contributed by atoms with Crippen LogP contribution >= 0.6 is 0 Å². The molecule has 3 nitrogen and oxygen atoms in total. The third-order valence-corrected chi connectivity index (χ3v) is 3.83. The van der Waals surface area contributed by atoms with Crippen LogP contribution in [0.25, 0.3) is 0 Å². The molecule has 1 spiro atoms. The Hall–Kier alpha value is -0.830. The first kappa shape index (κ1) is 9.40. The Balaban J connectivity index is 1.61. The van der Waals surface area contributed by atoms with E-state index in [4.69, 9.17) is 4.74 Å². The molecule has 3 heteroatoms. The molecule has 1 atom stereocenters. The van der Waals surface area contributed by atoms with Crippen LogP contribution in [-0.2, 0) is 11.3 Å². The molecule has 0 bridgehead atoms. The van der Waals surface area contributed by atoms with Gasteiger partial charge in [0.25, 0.3) is 0 Å². The van der Waals surface area contributed by atoms with Crippen LogP contribution < -0.4 is 0 Å². The topological polar surface area (TPSA) is 27.1 Å². The molecule has 1 aromatic rings. The fourth-order valence-corrected chi connectivity index (χ4v) is 3.04. The van der Waals surface area contributed by atoms with Gasteiger partial charge in [-0.25, -0.2) is 4.98 Å². The van der Waals surface area contributed by atoms with Crippen LogP contribution in [0.1, 0.15) is 38.5 Å². The SMILES string of the molecule is c1cn(CC2CCC3(CCCC3)O2)cn1. The summed E-state index contributed by atoms with van der Waals surface area (Å²) in [5, 5.41) is 0. The molecular formula is C12H18N2O. The normalized spacial score (nSPS) is 28.9. The molecule has 3 rings (SSSR count). The third-order valence-electron chi connectivity index (χ3n) is 3.83. The summed E-state index contributed by atoms with van der Waals surface area (Å²) in [5.74, 6) is 0. The highest BCUT2D eigenvalue weighted by Gasteiger charge is 2.41. The van der Waals surface area contributed by atoms with Crippen LogP contribution in [-0.4, -0.2) is 21.3 Å². The molecule has 1 aromatic heterocycles. The smallest absolute Gasteiger partial charge is 0.0946 e. The summed E-state index contributed by atoms with van der Waals surface area (Å²) in [5.41, 5.74) is 0.269. The van der Waals surface area contributed by atoms with Gasteiger partial charge in [-0.2, -0.15) is 0 Å². The molecule has 2 aliphatic rings. The molecule has 0 aromatic carbocycles. The lowest BCUT2D eigenvalue weighted by atomic mass is 9.98. The first-order chi connectivity index (χ1) is 7.36. The zero-order valence-electron chi connectivity index (χ0n) is 9.06. The number of hydrogen-bond acceptors (Lipinski definition) is 2. The maximum atomic E-state index is 6.23. The first-order valence-electron chi connectivity index (χ1n) is 6.00. The third kappa shape index (κ3) is 1.81. The van der Waals surface area contributed by atoms with Crippen molar-refractivity contribution in [3.05, 3.63) is 18.7 Å². The van der Waals surface area contributed by atoms with Gasteiger partial charge in [-0.3, -0.25) is 0 Å². The van der Waals surface area contributed by atoms with Crippen molar-refractivity contribution in [3.63, 3.8) is 0 Å².